The van der Waals surface area contributed by atoms with Crippen molar-refractivity contribution >= 4 is 28.1 Å². The second-order valence-corrected chi connectivity index (χ2v) is 3.71. The summed E-state index contributed by atoms with van der Waals surface area (Å²) in [6.07, 6.45) is 0. The topological polar surface area (TPSA) is 13.6 Å². The van der Waals surface area contributed by atoms with Gasteiger partial charge in [0.1, 0.15) is 5.75 Å². The summed E-state index contributed by atoms with van der Waals surface area (Å²) in [4.78, 5) is 3.39. The molecule has 2 aromatic rings. The maximum absolute atomic E-state index is 6.97. The lowest BCUT2D eigenvalue weighted by atomic mass is 10.1. The van der Waals surface area contributed by atoms with Gasteiger partial charge in [0.15, 0.2) is 5.69 Å². The molecular formula is C13H10ClNO. The first-order valence-corrected chi connectivity index (χ1v) is 5.36. The Bertz CT molecular complexity index is 572. The number of benzene rings is 2. The summed E-state index contributed by atoms with van der Waals surface area (Å²) >= 11 is 6.22. The summed E-state index contributed by atoms with van der Waals surface area (Å²) < 4.78 is 5.41. The molecule has 0 aliphatic rings. The Morgan fingerprint density at radius 1 is 1.31 bits per heavy atom. The molecule has 0 aliphatic carbocycles. The molecule has 0 aliphatic heterocycles. The molecule has 0 amide bonds. The summed E-state index contributed by atoms with van der Waals surface area (Å²) in [6.45, 7) is 9.46. The number of halogens is 1. The van der Waals surface area contributed by atoms with Crippen molar-refractivity contribution in [2.75, 3.05) is 6.61 Å². The van der Waals surface area contributed by atoms with Crippen LogP contribution < -0.4 is 4.74 Å². The Morgan fingerprint density at radius 3 is 2.75 bits per heavy atom. The van der Waals surface area contributed by atoms with Crippen LogP contribution in [-0.4, -0.2) is 6.61 Å². The third-order valence-electron chi connectivity index (χ3n) is 2.33. The largest absolute Gasteiger partial charge is 0.492 e. The lowest BCUT2D eigenvalue weighted by Gasteiger charge is -2.08. The van der Waals surface area contributed by atoms with Crippen molar-refractivity contribution in [3.8, 4) is 5.75 Å². The molecule has 0 radical (unpaired) electrons. The van der Waals surface area contributed by atoms with Crippen LogP contribution in [0.1, 0.15) is 6.92 Å². The molecule has 0 N–H and O–H groups in total. The van der Waals surface area contributed by atoms with Crippen molar-refractivity contribution < 1.29 is 4.74 Å². The van der Waals surface area contributed by atoms with Crippen LogP contribution in [0.5, 0.6) is 5.75 Å². The third-order valence-corrected chi connectivity index (χ3v) is 2.72. The number of hydrogen-bond acceptors (Lipinski definition) is 1. The maximum Gasteiger partial charge on any atom is 0.187 e. The van der Waals surface area contributed by atoms with Gasteiger partial charge in [-0.25, -0.2) is 4.85 Å². The second-order valence-electron chi connectivity index (χ2n) is 3.33. The van der Waals surface area contributed by atoms with Crippen molar-refractivity contribution in [2.24, 2.45) is 0 Å². The molecule has 16 heavy (non-hydrogen) atoms. The molecule has 0 saturated carbocycles. The zero-order valence-electron chi connectivity index (χ0n) is 8.83. The fourth-order valence-electron chi connectivity index (χ4n) is 1.59. The summed E-state index contributed by atoms with van der Waals surface area (Å²) in [5.74, 6) is 0.666. The highest BCUT2D eigenvalue weighted by Gasteiger charge is 2.06. The number of fused-ring (bicyclic) bond motifs is 1. The van der Waals surface area contributed by atoms with Gasteiger partial charge in [-0.2, -0.15) is 0 Å². The molecular weight excluding hydrogens is 222 g/mol. The van der Waals surface area contributed by atoms with E-state index in [0.29, 0.717) is 23.1 Å². The van der Waals surface area contributed by atoms with Crippen LogP contribution in [-0.2, 0) is 0 Å². The first-order chi connectivity index (χ1) is 7.76. The van der Waals surface area contributed by atoms with Gasteiger partial charge < -0.3 is 4.74 Å². The highest BCUT2D eigenvalue weighted by Crippen LogP contribution is 2.34. The van der Waals surface area contributed by atoms with E-state index in [1.807, 2.05) is 25.1 Å². The van der Waals surface area contributed by atoms with Gasteiger partial charge >= 0.3 is 0 Å². The smallest absolute Gasteiger partial charge is 0.187 e. The molecule has 3 heteroatoms. The average Bonchev–Trinajstić information content (AvgIpc) is 2.33. The minimum atomic E-state index is 0.574. The minimum absolute atomic E-state index is 0.574. The van der Waals surface area contributed by atoms with Crippen LogP contribution in [0.15, 0.2) is 30.3 Å². The molecule has 80 valence electrons. The van der Waals surface area contributed by atoms with Gasteiger partial charge in [0.25, 0.3) is 0 Å². The van der Waals surface area contributed by atoms with Crippen molar-refractivity contribution in [1.29, 1.82) is 0 Å². The number of rotatable bonds is 2. The van der Waals surface area contributed by atoms with Crippen molar-refractivity contribution in [2.45, 2.75) is 6.92 Å². The standard InChI is InChI=1S/C13H10ClNO/c1-3-16-12-7-5-9-4-6-10(15-2)8-11(9)13(12)14/h4-8H,3H2,1H3. The highest BCUT2D eigenvalue weighted by molar-refractivity contribution is 6.37. The summed E-state index contributed by atoms with van der Waals surface area (Å²) in [5, 5.41) is 2.45. The van der Waals surface area contributed by atoms with E-state index in [9.17, 15) is 0 Å². The van der Waals surface area contributed by atoms with E-state index in [4.69, 9.17) is 22.9 Å². The lowest BCUT2D eigenvalue weighted by Crippen LogP contribution is -1.92. The molecule has 0 saturated heterocycles. The molecule has 0 atom stereocenters. The summed E-state index contributed by atoms with van der Waals surface area (Å²) in [5.41, 5.74) is 0.586. The predicted molar refractivity (Wildman–Crippen MR) is 66.4 cm³/mol. The quantitative estimate of drug-likeness (QED) is 0.697. The Balaban J connectivity index is 2.67. The molecule has 2 aromatic carbocycles. The second kappa shape index (κ2) is 4.42. The SMILES string of the molecule is [C-]#[N+]c1ccc2ccc(OCC)c(Cl)c2c1. The zero-order valence-corrected chi connectivity index (χ0v) is 9.58. The average molecular weight is 232 g/mol. The van der Waals surface area contributed by atoms with Gasteiger partial charge in [-0.15, -0.1) is 0 Å². The minimum Gasteiger partial charge on any atom is -0.492 e. The lowest BCUT2D eigenvalue weighted by molar-refractivity contribution is 0.341. The Labute approximate surface area is 99.2 Å². The van der Waals surface area contributed by atoms with Crippen molar-refractivity contribution in [3.05, 3.63) is 46.8 Å². The molecule has 0 spiro atoms. The highest BCUT2D eigenvalue weighted by atomic mass is 35.5. The Kier molecular flexibility index (Phi) is 2.98. The Morgan fingerprint density at radius 2 is 2.06 bits per heavy atom. The van der Waals surface area contributed by atoms with Gasteiger partial charge in [-0.3, -0.25) is 0 Å². The van der Waals surface area contributed by atoms with Crippen LogP contribution >= 0.6 is 11.6 Å². The van der Waals surface area contributed by atoms with E-state index in [-0.39, 0.29) is 0 Å². The normalized spacial score (nSPS) is 10.1. The predicted octanol–water partition coefficient (Wildman–Crippen LogP) is 4.44. The zero-order chi connectivity index (χ0) is 11.5. The maximum atomic E-state index is 6.97. The van der Waals surface area contributed by atoms with Crippen LogP contribution in [0.2, 0.25) is 5.02 Å². The molecule has 0 unspecified atom stereocenters. The van der Waals surface area contributed by atoms with Gasteiger partial charge in [0, 0.05) is 0 Å². The van der Waals surface area contributed by atoms with Crippen molar-refractivity contribution in [1.82, 2.24) is 0 Å². The summed E-state index contributed by atoms with van der Waals surface area (Å²) in [7, 11) is 0. The molecule has 0 bridgehead atoms. The monoisotopic (exact) mass is 231 g/mol. The first-order valence-electron chi connectivity index (χ1n) is 4.98. The molecule has 0 aromatic heterocycles. The van der Waals surface area contributed by atoms with E-state index < -0.39 is 0 Å². The fourth-order valence-corrected chi connectivity index (χ4v) is 1.87. The third kappa shape index (κ3) is 1.82. The van der Waals surface area contributed by atoms with Gasteiger partial charge in [-0.1, -0.05) is 29.8 Å². The summed E-state index contributed by atoms with van der Waals surface area (Å²) in [6, 6.07) is 9.26. The van der Waals surface area contributed by atoms with Gasteiger partial charge in [0.2, 0.25) is 0 Å². The molecule has 2 nitrogen and oxygen atoms in total. The van der Waals surface area contributed by atoms with E-state index >= 15 is 0 Å². The molecule has 0 heterocycles. The van der Waals surface area contributed by atoms with E-state index in [0.717, 1.165) is 10.8 Å². The molecule has 2 rings (SSSR count). The van der Waals surface area contributed by atoms with Crippen LogP contribution in [0.3, 0.4) is 0 Å². The van der Waals surface area contributed by atoms with Crippen molar-refractivity contribution in [3.63, 3.8) is 0 Å². The molecule has 0 fully saturated rings. The van der Waals surface area contributed by atoms with E-state index in [2.05, 4.69) is 4.85 Å². The van der Waals surface area contributed by atoms with Gasteiger partial charge in [0.05, 0.1) is 18.2 Å². The fraction of sp³-hybridized carbons (Fsp3) is 0.154. The van der Waals surface area contributed by atoms with Crippen LogP contribution in [0.4, 0.5) is 5.69 Å². The number of ether oxygens (including phenoxy) is 1. The number of hydrogen-bond donors (Lipinski definition) is 0. The van der Waals surface area contributed by atoms with E-state index in [1.54, 1.807) is 12.1 Å². The first kappa shape index (κ1) is 10.8. The Hall–Kier alpha value is -1.72. The van der Waals surface area contributed by atoms with E-state index in [1.165, 1.54) is 0 Å². The van der Waals surface area contributed by atoms with Crippen LogP contribution in [0.25, 0.3) is 15.6 Å². The van der Waals surface area contributed by atoms with Gasteiger partial charge in [-0.05, 0) is 29.8 Å². The number of nitrogens with zero attached hydrogens (tertiary/aromatic N) is 1. The van der Waals surface area contributed by atoms with Crippen LogP contribution in [0, 0.1) is 6.57 Å².